The van der Waals surface area contributed by atoms with Gasteiger partial charge in [-0.1, -0.05) is 69.2 Å². The fraction of sp³-hybridized carbons (Fsp3) is 0.259. The molecule has 0 aliphatic rings. The van der Waals surface area contributed by atoms with Crippen molar-refractivity contribution in [1.82, 2.24) is 0 Å². The van der Waals surface area contributed by atoms with Crippen LogP contribution in [0, 0.1) is 5.92 Å². The Morgan fingerprint density at radius 2 is 1.45 bits per heavy atom. The predicted octanol–water partition coefficient (Wildman–Crippen LogP) is 5.96. The molecule has 6 nitrogen and oxygen atoms in total. The number of carboxylic acid groups (broad SMARTS) is 1. The van der Waals surface area contributed by atoms with Gasteiger partial charge < -0.3 is 19.9 Å². The first-order valence-corrected chi connectivity index (χ1v) is 11.1. The molecule has 0 fully saturated rings. The summed E-state index contributed by atoms with van der Waals surface area (Å²) in [6.07, 6.45) is 1.16. The number of carbonyl (C=O) groups excluding carboxylic acids is 1. The normalized spacial score (nSPS) is 11.6. The van der Waals surface area contributed by atoms with E-state index in [0.29, 0.717) is 23.8 Å². The van der Waals surface area contributed by atoms with Crippen LogP contribution in [0.15, 0.2) is 78.9 Å². The molecular formula is C27H29NO5. The number of para-hydroxylation sites is 1. The number of carbonyl (C=O) groups is 2. The third-order valence-corrected chi connectivity index (χ3v) is 5.47. The molecule has 172 valence electrons. The molecule has 0 radical (unpaired) electrons. The number of hydrogen-bond acceptors (Lipinski definition) is 4. The second kappa shape index (κ2) is 11.7. The Morgan fingerprint density at radius 3 is 2.09 bits per heavy atom. The molecule has 0 bridgehead atoms. The Kier molecular flexibility index (Phi) is 8.47. The van der Waals surface area contributed by atoms with Crippen LogP contribution in [0.2, 0.25) is 0 Å². The molecule has 1 atom stereocenters. The van der Waals surface area contributed by atoms with E-state index in [1.807, 2.05) is 30.3 Å². The van der Waals surface area contributed by atoms with Crippen molar-refractivity contribution in [3.05, 3.63) is 90.0 Å². The van der Waals surface area contributed by atoms with Gasteiger partial charge in [0.05, 0.1) is 17.9 Å². The topological polar surface area (TPSA) is 84.9 Å². The molecule has 0 heterocycles. The lowest BCUT2D eigenvalue weighted by atomic mass is 10.1. The number of ether oxygens (including phenoxy) is 2. The smallest absolute Gasteiger partial charge is 0.337 e. The van der Waals surface area contributed by atoms with E-state index < -0.39 is 18.0 Å². The van der Waals surface area contributed by atoms with Gasteiger partial charge in [0.25, 0.3) is 5.91 Å². The molecule has 0 saturated heterocycles. The van der Waals surface area contributed by atoms with Gasteiger partial charge in [-0.05, 0) is 42.3 Å². The quantitative estimate of drug-likeness (QED) is 0.379. The van der Waals surface area contributed by atoms with Gasteiger partial charge in [0.2, 0.25) is 6.10 Å². The van der Waals surface area contributed by atoms with Gasteiger partial charge in [-0.25, -0.2) is 4.79 Å². The summed E-state index contributed by atoms with van der Waals surface area (Å²) in [7, 11) is 0. The number of anilines is 1. The predicted molar refractivity (Wildman–Crippen MR) is 128 cm³/mol. The third kappa shape index (κ3) is 6.59. The molecule has 33 heavy (non-hydrogen) atoms. The van der Waals surface area contributed by atoms with Crippen LogP contribution in [0.1, 0.15) is 48.7 Å². The van der Waals surface area contributed by atoms with Gasteiger partial charge in [-0.3, -0.25) is 4.79 Å². The van der Waals surface area contributed by atoms with E-state index in [0.717, 1.165) is 18.6 Å². The molecule has 6 heteroatoms. The molecule has 3 rings (SSSR count). The van der Waals surface area contributed by atoms with Crippen molar-refractivity contribution in [2.75, 3.05) is 11.9 Å². The Bertz CT molecular complexity index is 1050. The molecule has 0 saturated carbocycles. The van der Waals surface area contributed by atoms with Crippen LogP contribution in [0.5, 0.6) is 11.5 Å². The van der Waals surface area contributed by atoms with Crippen LogP contribution in [0.3, 0.4) is 0 Å². The maximum atomic E-state index is 13.1. The number of nitrogens with one attached hydrogen (secondary N) is 1. The Balaban J connectivity index is 1.77. The fourth-order valence-electron chi connectivity index (χ4n) is 3.37. The molecule has 1 amide bonds. The van der Waals surface area contributed by atoms with Gasteiger partial charge in [0, 0.05) is 5.56 Å². The zero-order valence-corrected chi connectivity index (χ0v) is 18.9. The van der Waals surface area contributed by atoms with Gasteiger partial charge in [-0.2, -0.15) is 0 Å². The van der Waals surface area contributed by atoms with E-state index in [2.05, 4.69) is 19.2 Å². The summed E-state index contributed by atoms with van der Waals surface area (Å²) in [6, 6.07) is 22.5. The Labute approximate surface area is 194 Å². The molecule has 3 aromatic rings. The highest BCUT2D eigenvalue weighted by Crippen LogP contribution is 2.27. The summed E-state index contributed by atoms with van der Waals surface area (Å²) in [5, 5.41) is 12.1. The van der Waals surface area contributed by atoms with Gasteiger partial charge >= 0.3 is 5.97 Å². The second-order valence-electron chi connectivity index (χ2n) is 7.71. The molecule has 2 N–H and O–H groups in total. The maximum Gasteiger partial charge on any atom is 0.337 e. The SMILES string of the molecule is CCC(CC)COc1ccc(OC(C(=O)Nc2ccccc2C(=O)O)c2ccccc2)cc1. The summed E-state index contributed by atoms with van der Waals surface area (Å²) < 4.78 is 11.9. The van der Waals surface area contributed by atoms with Crippen LogP contribution in [0.25, 0.3) is 0 Å². The number of carboxylic acids is 1. The van der Waals surface area contributed by atoms with Crippen molar-refractivity contribution in [2.24, 2.45) is 5.92 Å². The minimum Gasteiger partial charge on any atom is -0.493 e. The first-order valence-electron chi connectivity index (χ1n) is 11.1. The van der Waals surface area contributed by atoms with E-state index >= 15 is 0 Å². The zero-order valence-electron chi connectivity index (χ0n) is 18.9. The zero-order chi connectivity index (χ0) is 23.6. The first-order chi connectivity index (χ1) is 16.0. The molecule has 0 aliphatic heterocycles. The average molecular weight is 448 g/mol. The minimum atomic E-state index is -1.12. The lowest BCUT2D eigenvalue weighted by molar-refractivity contribution is -0.123. The lowest BCUT2D eigenvalue weighted by Gasteiger charge is -2.20. The van der Waals surface area contributed by atoms with E-state index in [9.17, 15) is 14.7 Å². The molecule has 3 aromatic carbocycles. The van der Waals surface area contributed by atoms with E-state index in [1.54, 1.807) is 42.5 Å². The number of benzene rings is 3. The van der Waals surface area contributed by atoms with Gasteiger partial charge in [0.1, 0.15) is 11.5 Å². The van der Waals surface area contributed by atoms with Crippen LogP contribution >= 0.6 is 0 Å². The Hall–Kier alpha value is -3.80. The van der Waals surface area contributed by atoms with Gasteiger partial charge in [0.15, 0.2) is 0 Å². The molecule has 0 aromatic heterocycles. The molecule has 1 unspecified atom stereocenters. The number of hydrogen-bond donors (Lipinski definition) is 2. The highest BCUT2D eigenvalue weighted by Gasteiger charge is 2.24. The maximum absolute atomic E-state index is 13.1. The summed E-state index contributed by atoms with van der Waals surface area (Å²) >= 11 is 0. The van der Waals surface area contributed by atoms with Crippen molar-refractivity contribution in [3.63, 3.8) is 0 Å². The van der Waals surface area contributed by atoms with Crippen molar-refractivity contribution in [2.45, 2.75) is 32.8 Å². The number of aromatic carboxylic acids is 1. The van der Waals surface area contributed by atoms with Crippen molar-refractivity contribution >= 4 is 17.6 Å². The molecule has 0 spiro atoms. The molecule has 0 aliphatic carbocycles. The highest BCUT2D eigenvalue weighted by molar-refractivity contribution is 6.02. The Morgan fingerprint density at radius 1 is 0.848 bits per heavy atom. The van der Waals surface area contributed by atoms with Crippen LogP contribution in [-0.4, -0.2) is 23.6 Å². The lowest BCUT2D eigenvalue weighted by Crippen LogP contribution is -2.26. The van der Waals surface area contributed by atoms with E-state index in [1.165, 1.54) is 6.07 Å². The van der Waals surface area contributed by atoms with E-state index in [-0.39, 0.29) is 11.3 Å². The van der Waals surface area contributed by atoms with Crippen LogP contribution < -0.4 is 14.8 Å². The standard InChI is InChI=1S/C27H29NO5/c1-3-19(4-2)18-32-21-14-16-22(17-15-21)33-25(20-10-6-5-7-11-20)26(29)28-24-13-9-8-12-23(24)27(30)31/h5-17,19,25H,3-4,18H2,1-2H3,(H,28,29)(H,30,31). The average Bonchev–Trinajstić information content (AvgIpc) is 2.84. The summed E-state index contributed by atoms with van der Waals surface area (Å²) in [5.74, 6) is 0.169. The summed E-state index contributed by atoms with van der Waals surface area (Å²) in [6.45, 7) is 4.96. The minimum absolute atomic E-state index is 0.0108. The summed E-state index contributed by atoms with van der Waals surface area (Å²) in [5.41, 5.74) is 0.873. The highest BCUT2D eigenvalue weighted by atomic mass is 16.5. The number of amides is 1. The molecular weight excluding hydrogens is 418 g/mol. The van der Waals surface area contributed by atoms with Crippen LogP contribution in [-0.2, 0) is 4.79 Å². The van der Waals surface area contributed by atoms with Gasteiger partial charge in [-0.15, -0.1) is 0 Å². The monoisotopic (exact) mass is 447 g/mol. The largest absolute Gasteiger partial charge is 0.493 e. The second-order valence-corrected chi connectivity index (χ2v) is 7.71. The fourth-order valence-corrected chi connectivity index (χ4v) is 3.37. The van der Waals surface area contributed by atoms with Crippen molar-refractivity contribution in [3.8, 4) is 11.5 Å². The number of rotatable bonds is 11. The summed E-state index contributed by atoms with van der Waals surface area (Å²) in [4.78, 5) is 24.7. The van der Waals surface area contributed by atoms with Crippen molar-refractivity contribution in [1.29, 1.82) is 0 Å². The third-order valence-electron chi connectivity index (χ3n) is 5.47. The van der Waals surface area contributed by atoms with Crippen molar-refractivity contribution < 1.29 is 24.2 Å². The first kappa shape index (κ1) is 23.9. The van der Waals surface area contributed by atoms with E-state index in [4.69, 9.17) is 9.47 Å². The van der Waals surface area contributed by atoms with Crippen LogP contribution in [0.4, 0.5) is 5.69 Å².